The standard InChI is InChI=1S/C17H17ClN2O4/c1-10(20(24)11(2)21)12-7-5-9-15(16(12)18)19-14-8-4-3-6-13(14)17(22)23/h3-10,19,24H,1-2H3,(H,22,23). The molecule has 2 rings (SSSR count). The minimum Gasteiger partial charge on any atom is -0.478 e. The molecule has 0 aliphatic carbocycles. The van der Waals surface area contributed by atoms with E-state index in [0.717, 1.165) is 0 Å². The monoisotopic (exact) mass is 348 g/mol. The fourth-order valence-electron chi connectivity index (χ4n) is 2.30. The number of carboxylic acid groups (broad SMARTS) is 1. The van der Waals surface area contributed by atoms with Crippen molar-refractivity contribution in [1.82, 2.24) is 5.06 Å². The van der Waals surface area contributed by atoms with Crippen LogP contribution in [0, 0.1) is 0 Å². The molecule has 7 heteroatoms. The Morgan fingerprint density at radius 2 is 1.75 bits per heavy atom. The molecule has 0 bridgehead atoms. The number of amides is 1. The zero-order valence-corrected chi connectivity index (χ0v) is 13.9. The van der Waals surface area contributed by atoms with Gasteiger partial charge < -0.3 is 10.4 Å². The molecule has 2 aromatic rings. The van der Waals surface area contributed by atoms with Gasteiger partial charge in [0.2, 0.25) is 5.91 Å². The lowest BCUT2D eigenvalue weighted by Crippen LogP contribution is -2.28. The third-order valence-corrected chi connectivity index (χ3v) is 4.02. The number of benzene rings is 2. The SMILES string of the molecule is CC(=O)N(O)C(C)c1cccc(Nc2ccccc2C(=O)O)c1Cl. The van der Waals surface area contributed by atoms with Crippen molar-refractivity contribution < 1.29 is 19.9 Å². The minimum atomic E-state index is -1.06. The third kappa shape index (κ3) is 3.67. The van der Waals surface area contributed by atoms with E-state index in [1.54, 1.807) is 43.3 Å². The van der Waals surface area contributed by atoms with Crippen LogP contribution in [-0.4, -0.2) is 27.3 Å². The molecule has 2 aromatic carbocycles. The summed E-state index contributed by atoms with van der Waals surface area (Å²) in [5.41, 5.74) is 1.52. The predicted octanol–water partition coefficient (Wildman–Crippen LogP) is 4.08. The summed E-state index contributed by atoms with van der Waals surface area (Å²) in [4.78, 5) is 22.6. The number of rotatable bonds is 5. The van der Waals surface area contributed by atoms with Crippen molar-refractivity contribution >= 4 is 34.9 Å². The van der Waals surface area contributed by atoms with Gasteiger partial charge in [0.1, 0.15) is 0 Å². The number of nitrogens with one attached hydrogen (secondary N) is 1. The molecule has 0 aliphatic rings. The molecule has 0 spiro atoms. The summed E-state index contributed by atoms with van der Waals surface area (Å²) in [6.45, 7) is 2.88. The van der Waals surface area contributed by atoms with Crippen molar-refractivity contribution in [2.75, 3.05) is 5.32 Å². The zero-order valence-electron chi connectivity index (χ0n) is 13.2. The van der Waals surface area contributed by atoms with E-state index < -0.39 is 17.9 Å². The maximum Gasteiger partial charge on any atom is 0.337 e. The third-order valence-electron chi connectivity index (χ3n) is 3.59. The van der Waals surface area contributed by atoms with Crippen LogP contribution >= 0.6 is 11.6 Å². The average molecular weight is 349 g/mol. The second kappa shape index (κ2) is 7.33. The number of para-hydroxylation sites is 1. The number of hydrogen-bond donors (Lipinski definition) is 3. The Morgan fingerprint density at radius 1 is 1.12 bits per heavy atom. The topological polar surface area (TPSA) is 89.9 Å². The second-order valence-electron chi connectivity index (χ2n) is 5.22. The Bertz CT molecular complexity index is 779. The molecule has 1 unspecified atom stereocenters. The lowest BCUT2D eigenvalue weighted by Gasteiger charge is -2.23. The molecule has 0 aromatic heterocycles. The maximum absolute atomic E-state index is 11.3. The van der Waals surface area contributed by atoms with Crippen molar-refractivity contribution in [2.45, 2.75) is 19.9 Å². The molecule has 24 heavy (non-hydrogen) atoms. The Kier molecular flexibility index (Phi) is 5.43. The van der Waals surface area contributed by atoms with Crippen molar-refractivity contribution in [2.24, 2.45) is 0 Å². The fourth-order valence-corrected chi connectivity index (χ4v) is 2.63. The normalized spacial score (nSPS) is 11.7. The van der Waals surface area contributed by atoms with E-state index in [9.17, 15) is 19.9 Å². The van der Waals surface area contributed by atoms with E-state index in [1.165, 1.54) is 13.0 Å². The highest BCUT2D eigenvalue weighted by molar-refractivity contribution is 6.34. The summed E-state index contributed by atoms with van der Waals surface area (Å²) in [5.74, 6) is -1.56. The van der Waals surface area contributed by atoms with Gasteiger partial charge in [0, 0.05) is 6.92 Å². The molecule has 3 N–H and O–H groups in total. The first kappa shape index (κ1) is 17.8. The van der Waals surface area contributed by atoms with Gasteiger partial charge in [-0.3, -0.25) is 10.0 Å². The van der Waals surface area contributed by atoms with Crippen LogP contribution in [0.4, 0.5) is 11.4 Å². The van der Waals surface area contributed by atoms with Gasteiger partial charge in [0.05, 0.1) is 28.0 Å². The summed E-state index contributed by atoms with van der Waals surface area (Å²) in [5, 5.41) is 22.9. The summed E-state index contributed by atoms with van der Waals surface area (Å²) in [6, 6.07) is 10.9. The highest BCUT2D eigenvalue weighted by atomic mass is 35.5. The van der Waals surface area contributed by atoms with Gasteiger partial charge in [-0.2, -0.15) is 0 Å². The highest BCUT2D eigenvalue weighted by Crippen LogP contribution is 2.34. The molecule has 0 fully saturated rings. The fraction of sp³-hybridized carbons (Fsp3) is 0.176. The van der Waals surface area contributed by atoms with E-state index in [4.69, 9.17) is 11.6 Å². The van der Waals surface area contributed by atoms with E-state index in [0.29, 0.717) is 27.0 Å². The maximum atomic E-state index is 11.3. The Labute approximate surface area is 144 Å². The van der Waals surface area contributed by atoms with Gasteiger partial charge in [-0.15, -0.1) is 0 Å². The lowest BCUT2D eigenvalue weighted by atomic mass is 10.1. The van der Waals surface area contributed by atoms with Crippen molar-refractivity contribution in [1.29, 1.82) is 0 Å². The Hall–Kier alpha value is -2.57. The predicted molar refractivity (Wildman–Crippen MR) is 90.9 cm³/mol. The van der Waals surface area contributed by atoms with E-state index >= 15 is 0 Å². The molecular weight excluding hydrogens is 332 g/mol. The van der Waals surface area contributed by atoms with Crippen molar-refractivity contribution in [3.05, 3.63) is 58.6 Å². The first-order valence-electron chi connectivity index (χ1n) is 7.19. The largest absolute Gasteiger partial charge is 0.478 e. The van der Waals surface area contributed by atoms with Gasteiger partial charge in [-0.05, 0) is 30.7 Å². The van der Waals surface area contributed by atoms with Gasteiger partial charge in [-0.25, -0.2) is 9.86 Å². The number of halogens is 1. The zero-order chi connectivity index (χ0) is 17.9. The number of carboxylic acids is 1. The molecule has 0 saturated heterocycles. The number of hydrogen-bond acceptors (Lipinski definition) is 4. The Morgan fingerprint density at radius 3 is 2.38 bits per heavy atom. The number of nitrogens with zero attached hydrogens (tertiary/aromatic N) is 1. The second-order valence-corrected chi connectivity index (χ2v) is 5.60. The summed E-state index contributed by atoms with van der Waals surface area (Å²) in [6.07, 6.45) is 0. The first-order valence-corrected chi connectivity index (χ1v) is 7.57. The van der Waals surface area contributed by atoms with Crippen LogP contribution in [0.3, 0.4) is 0 Å². The molecule has 126 valence electrons. The average Bonchev–Trinajstić information content (AvgIpc) is 2.55. The van der Waals surface area contributed by atoms with Gasteiger partial charge in [-0.1, -0.05) is 35.9 Å². The molecule has 1 amide bonds. The first-order chi connectivity index (χ1) is 11.3. The van der Waals surface area contributed by atoms with Crippen LogP contribution < -0.4 is 5.32 Å². The van der Waals surface area contributed by atoms with Gasteiger partial charge in [0.15, 0.2) is 0 Å². The Balaban J connectivity index is 2.39. The van der Waals surface area contributed by atoms with Crippen LogP contribution in [-0.2, 0) is 4.79 Å². The van der Waals surface area contributed by atoms with Crippen LogP contribution in [0.5, 0.6) is 0 Å². The van der Waals surface area contributed by atoms with Crippen molar-refractivity contribution in [3.63, 3.8) is 0 Å². The number of carbonyl (C=O) groups is 2. The van der Waals surface area contributed by atoms with Crippen LogP contribution in [0.15, 0.2) is 42.5 Å². The van der Waals surface area contributed by atoms with Gasteiger partial charge in [0.25, 0.3) is 0 Å². The quantitative estimate of drug-likeness (QED) is 0.559. The molecule has 0 aliphatic heterocycles. The molecule has 6 nitrogen and oxygen atoms in total. The number of hydroxylamine groups is 2. The van der Waals surface area contributed by atoms with Crippen LogP contribution in [0.2, 0.25) is 5.02 Å². The lowest BCUT2D eigenvalue weighted by molar-refractivity contribution is -0.172. The number of aromatic carboxylic acids is 1. The number of carbonyl (C=O) groups excluding carboxylic acids is 1. The van der Waals surface area contributed by atoms with E-state index in [-0.39, 0.29) is 5.56 Å². The molecule has 0 heterocycles. The van der Waals surface area contributed by atoms with E-state index in [2.05, 4.69) is 5.32 Å². The molecule has 0 saturated carbocycles. The van der Waals surface area contributed by atoms with Crippen LogP contribution in [0.25, 0.3) is 0 Å². The smallest absolute Gasteiger partial charge is 0.337 e. The minimum absolute atomic E-state index is 0.111. The summed E-state index contributed by atoms with van der Waals surface area (Å²) in [7, 11) is 0. The van der Waals surface area contributed by atoms with E-state index in [1.807, 2.05) is 0 Å². The molecule has 1 atom stereocenters. The molecular formula is C17H17ClN2O4. The summed E-state index contributed by atoms with van der Waals surface area (Å²) < 4.78 is 0. The van der Waals surface area contributed by atoms with Crippen molar-refractivity contribution in [3.8, 4) is 0 Å². The molecule has 0 radical (unpaired) electrons. The number of anilines is 2. The summed E-state index contributed by atoms with van der Waals surface area (Å²) >= 11 is 6.38. The van der Waals surface area contributed by atoms with Crippen LogP contribution in [0.1, 0.15) is 35.8 Å². The van der Waals surface area contributed by atoms with Gasteiger partial charge >= 0.3 is 5.97 Å². The highest BCUT2D eigenvalue weighted by Gasteiger charge is 2.20.